The van der Waals surface area contributed by atoms with Gasteiger partial charge in [0.25, 0.3) is 0 Å². The third kappa shape index (κ3) is 2.45. The Labute approximate surface area is 77.5 Å². The van der Waals surface area contributed by atoms with Crippen molar-refractivity contribution in [1.29, 1.82) is 0 Å². The first-order valence-electron chi connectivity index (χ1n) is 3.92. The van der Waals surface area contributed by atoms with Gasteiger partial charge in [-0.1, -0.05) is 0 Å². The molecule has 0 saturated heterocycles. The lowest BCUT2D eigenvalue weighted by molar-refractivity contribution is 0.591. The van der Waals surface area contributed by atoms with Gasteiger partial charge in [-0.25, -0.2) is 8.42 Å². The molecule has 0 fully saturated rings. The largest absolute Gasteiger partial charge is 0.396 e. The van der Waals surface area contributed by atoms with Crippen LogP contribution in [0.1, 0.15) is 12.6 Å². The predicted octanol–water partition coefficient (Wildman–Crippen LogP) is 0.0298. The minimum atomic E-state index is -3.04. The molecule has 0 aliphatic rings. The van der Waals surface area contributed by atoms with E-state index in [2.05, 4.69) is 5.10 Å². The number of rotatable bonds is 3. The van der Waals surface area contributed by atoms with Crippen molar-refractivity contribution < 1.29 is 8.42 Å². The molecule has 0 atom stereocenters. The van der Waals surface area contributed by atoms with Crippen molar-refractivity contribution in [3.8, 4) is 0 Å². The van der Waals surface area contributed by atoms with Crippen molar-refractivity contribution in [2.24, 2.45) is 0 Å². The fourth-order valence-corrected chi connectivity index (χ4v) is 1.92. The summed E-state index contributed by atoms with van der Waals surface area (Å²) in [5.41, 5.74) is 6.59. The zero-order chi connectivity index (χ0) is 10.1. The number of hydrogen-bond acceptors (Lipinski definition) is 4. The Morgan fingerprint density at radius 2 is 2.23 bits per heavy atom. The summed E-state index contributed by atoms with van der Waals surface area (Å²) >= 11 is 0. The van der Waals surface area contributed by atoms with Crippen LogP contribution in [0, 0.1) is 0 Å². The lowest BCUT2D eigenvalue weighted by atomic mass is 10.4. The van der Waals surface area contributed by atoms with Crippen molar-refractivity contribution in [3.05, 3.63) is 11.9 Å². The van der Waals surface area contributed by atoms with E-state index < -0.39 is 9.84 Å². The zero-order valence-corrected chi connectivity index (χ0v) is 8.50. The molecule has 2 N–H and O–H groups in total. The summed E-state index contributed by atoms with van der Waals surface area (Å²) in [6.45, 7) is 2.51. The summed E-state index contributed by atoms with van der Waals surface area (Å²) in [5, 5.41) is 3.95. The quantitative estimate of drug-likeness (QED) is 0.751. The molecule has 5 nitrogen and oxygen atoms in total. The number of hydrogen-bond donors (Lipinski definition) is 1. The summed E-state index contributed by atoms with van der Waals surface area (Å²) in [4.78, 5) is 0. The monoisotopic (exact) mass is 203 g/mol. The Morgan fingerprint density at radius 1 is 1.62 bits per heavy atom. The van der Waals surface area contributed by atoms with E-state index >= 15 is 0 Å². The molecule has 0 aromatic carbocycles. The van der Waals surface area contributed by atoms with Crippen LogP contribution < -0.4 is 5.73 Å². The van der Waals surface area contributed by atoms with Crippen LogP contribution in [0.25, 0.3) is 0 Å². The second-order valence-corrected chi connectivity index (χ2v) is 5.07. The van der Waals surface area contributed by atoms with Gasteiger partial charge in [-0.05, 0) is 6.92 Å². The van der Waals surface area contributed by atoms with E-state index in [9.17, 15) is 8.42 Å². The summed E-state index contributed by atoms with van der Waals surface area (Å²) in [6.07, 6.45) is 2.66. The maximum atomic E-state index is 11.0. The number of aryl methyl sites for hydroxylation is 1. The van der Waals surface area contributed by atoms with Gasteiger partial charge in [0.05, 0.1) is 23.3 Å². The maximum absolute atomic E-state index is 11.0. The smallest absolute Gasteiger partial charge is 0.153 e. The van der Waals surface area contributed by atoms with Gasteiger partial charge in [-0.3, -0.25) is 4.68 Å². The first-order chi connectivity index (χ1) is 5.94. The lowest BCUT2D eigenvalue weighted by Crippen LogP contribution is -2.10. The van der Waals surface area contributed by atoms with Crippen LogP contribution in [0.2, 0.25) is 0 Å². The normalized spacial score (nSPS) is 11.8. The number of nitrogens with two attached hydrogens (primary N) is 1. The molecule has 0 aliphatic heterocycles. The molecule has 13 heavy (non-hydrogen) atoms. The molecule has 1 heterocycles. The van der Waals surface area contributed by atoms with Gasteiger partial charge in [0.1, 0.15) is 0 Å². The Bertz CT molecular complexity index is 394. The summed E-state index contributed by atoms with van der Waals surface area (Å²) in [6, 6.07) is 0. The lowest BCUT2D eigenvalue weighted by Gasteiger charge is -2.03. The van der Waals surface area contributed by atoms with E-state index in [-0.39, 0.29) is 5.75 Å². The highest BCUT2D eigenvalue weighted by Gasteiger charge is 2.12. The van der Waals surface area contributed by atoms with E-state index in [1.54, 1.807) is 4.68 Å². The van der Waals surface area contributed by atoms with Crippen molar-refractivity contribution in [2.75, 3.05) is 12.0 Å². The Balaban J connectivity index is 3.05. The molecule has 0 aliphatic carbocycles. The summed E-state index contributed by atoms with van der Waals surface area (Å²) in [7, 11) is -3.04. The van der Waals surface area contributed by atoms with E-state index in [1.807, 2.05) is 6.92 Å². The van der Waals surface area contributed by atoms with Crippen molar-refractivity contribution in [1.82, 2.24) is 9.78 Å². The van der Waals surface area contributed by atoms with Gasteiger partial charge in [-0.15, -0.1) is 0 Å². The molecule has 1 aromatic rings. The maximum Gasteiger partial charge on any atom is 0.153 e. The molecular formula is C7H13N3O2S. The molecule has 1 aromatic heterocycles. The van der Waals surface area contributed by atoms with Crippen LogP contribution in [0.3, 0.4) is 0 Å². The first kappa shape index (κ1) is 10.0. The van der Waals surface area contributed by atoms with Crippen molar-refractivity contribution in [3.63, 3.8) is 0 Å². The molecule has 0 radical (unpaired) electrons. The van der Waals surface area contributed by atoms with Crippen LogP contribution in [-0.2, 0) is 22.1 Å². The molecule has 0 unspecified atom stereocenters. The van der Waals surface area contributed by atoms with Crippen LogP contribution >= 0.6 is 0 Å². The topological polar surface area (TPSA) is 78.0 Å². The van der Waals surface area contributed by atoms with Crippen LogP contribution in [-0.4, -0.2) is 24.5 Å². The molecule has 74 valence electrons. The van der Waals surface area contributed by atoms with Gasteiger partial charge < -0.3 is 5.73 Å². The van der Waals surface area contributed by atoms with Gasteiger partial charge in [-0.2, -0.15) is 5.10 Å². The number of nitrogens with zero attached hydrogens (tertiary/aromatic N) is 2. The van der Waals surface area contributed by atoms with E-state index in [4.69, 9.17) is 5.73 Å². The Morgan fingerprint density at radius 3 is 2.69 bits per heavy atom. The average Bonchev–Trinajstić information content (AvgIpc) is 2.30. The third-order valence-corrected chi connectivity index (χ3v) is 2.48. The Kier molecular flexibility index (Phi) is 2.60. The van der Waals surface area contributed by atoms with Crippen LogP contribution in [0.4, 0.5) is 5.69 Å². The molecule has 0 bridgehead atoms. The number of nitrogen functional groups attached to an aromatic ring is 1. The second-order valence-electron chi connectivity index (χ2n) is 2.93. The fraction of sp³-hybridized carbons (Fsp3) is 0.571. The Hall–Kier alpha value is -1.04. The molecule has 6 heteroatoms. The third-order valence-electron chi connectivity index (χ3n) is 1.68. The first-order valence-corrected chi connectivity index (χ1v) is 5.98. The molecule has 0 spiro atoms. The minimum absolute atomic E-state index is 0.0489. The summed E-state index contributed by atoms with van der Waals surface area (Å²) in [5.74, 6) is -0.0489. The SMILES string of the molecule is CCn1ncc(N)c1CS(C)(=O)=O. The average molecular weight is 203 g/mol. The highest BCUT2D eigenvalue weighted by Crippen LogP contribution is 2.13. The second kappa shape index (κ2) is 3.37. The van der Waals surface area contributed by atoms with E-state index in [1.165, 1.54) is 12.5 Å². The standard InChI is InChI=1S/C7H13N3O2S/c1-3-10-7(5-13(2,11)12)6(8)4-9-10/h4H,3,5,8H2,1-2H3. The number of anilines is 1. The molecule has 0 amide bonds. The van der Waals surface area contributed by atoms with Crippen LogP contribution in [0.15, 0.2) is 6.20 Å². The molecular weight excluding hydrogens is 190 g/mol. The van der Waals surface area contributed by atoms with E-state index in [0.29, 0.717) is 17.9 Å². The van der Waals surface area contributed by atoms with Crippen LogP contribution in [0.5, 0.6) is 0 Å². The van der Waals surface area contributed by atoms with Gasteiger partial charge in [0.15, 0.2) is 9.84 Å². The minimum Gasteiger partial charge on any atom is -0.396 e. The summed E-state index contributed by atoms with van der Waals surface area (Å²) < 4.78 is 23.6. The fourth-order valence-electron chi connectivity index (χ4n) is 1.10. The van der Waals surface area contributed by atoms with Gasteiger partial charge >= 0.3 is 0 Å². The number of aromatic nitrogens is 2. The number of sulfone groups is 1. The van der Waals surface area contributed by atoms with Gasteiger partial charge in [0.2, 0.25) is 0 Å². The predicted molar refractivity (Wildman–Crippen MR) is 50.9 cm³/mol. The zero-order valence-electron chi connectivity index (χ0n) is 7.69. The van der Waals surface area contributed by atoms with Crippen molar-refractivity contribution >= 4 is 15.5 Å². The van der Waals surface area contributed by atoms with Gasteiger partial charge in [0, 0.05) is 12.8 Å². The molecule has 0 saturated carbocycles. The highest BCUT2D eigenvalue weighted by atomic mass is 32.2. The van der Waals surface area contributed by atoms with E-state index in [0.717, 1.165) is 0 Å². The molecule has 1 rings (SSSR count). The highest BCUT2D eigenvalue weighted by molar-refractivity contribution is 7.89. The van der Waals surface area contributed by atoms with Crippen molar-refractivity contribution in [2.45, 2.75) is 19.2 Å².